The summed E-state index contributed by atoms with van der Waals surface area (Å²) in [6.07, 6.45) is 10.7. The van der Waals surface area contributed by atoms with Crippen molar-refractivity contribution in [3.63, 3.8) is 0 Å². The highest BCUT2D eigenvalue weighted by Crippen LogP contribution is 2.01. The van der Waals surface area contributed by atoms with Crippen LogP contribution >= 0.6 is 0 Å². The van der Waals surface area contributed by atoms with Gasteiger partial charge in [-0.25, -0.2) is 4.98 Å². The molecule has 0 fully saturated rings. The molecule has 1 heterocycles. The van der Waals surface area contributed by atoms with Crippen molar-refractivity contribution in [1.82, 2.24) is 9.55 Å². The summed E-state index contributed by atoms with van der Waals surface area (Å²) < 4.78 is 28.1. The van der Waals surface area contributed by atoms with Crippen LogP contribution in [0, 0.1) is 11.3 Å². The number of aromatic nitrogens is 2. The van der Waals surface area contributed by atoms with Crippen LogP contribution in [0.5, 0.6) is 0 Å². The zero-order valence-electron chi connectivity index (χ0n) is 14.4. The van der Waals surface area contributed by atoms with Crippen molar-refractivity contribution in [1.29, 1.82) is 5.26 Å². The highest BCUT2D eigenvalue weighted by atomic mass is 32.2. The molecule has 0 bridgehead atoms. The predicted octanol–water partition coefficient (Wildman–Crippen LogP) is 1.04. The smallest absolute Gasteiger partial charge is 0.322 e. The Hall–Kier alpha value is -2.40. The van der Waals surface area contributed by atoms with Crippen LogP contribution in [-0.4, -0.2) is 29.9 Å². The van der Waals surface area contributed by atoms with Crippen LogP contribution in [-0.2, 0) is 20.9 Å². The third-order valence-electron chi connectivity index (χ3n) is 3.11. The molecule has 24 heavy (non-hydrogen) atoms. The van der Waals surface area contributed by atoms with Gasteiger partial charge in [0.25, 0.3) is 0 Å². The molecule has 0 saturated heterocycles. The summed E-state index contributed by atoms with van der Waals surface area (Å²) >= 11 is 0. The number of nitrogens with zero attached hydrogens (tertiary/aromatic N) is 4. The van der Waals surface area contributed by atoms with E-state index in [2.05, 4.69) is 14.4 Å². The van der Waals surface area contributed by atoms with Gasteiger partial charge in [0, 0.05) is 6.54 Å². The molecular formula is C16H22N4O3S. The average Bonchev–Trinajstić information content (AvgIpc) is 2.93. The Morgan fingerprint density at radius 1 is 1.42 bits per heavy atom. The first kappa shape index (κ1) is 19.6. The van der Waals surface area contributed by atoms with Crippen molar-refractivity contribution in [2.75, 3.05) is 6.26 Å². The summed E-state index contributed by atoms with van der Waals surface area (Å²) in [6, 6.07) is 1.82. The first-order valence-corrected chi connectivity index (χ1v) is 9.40. The van der Waals surface area contributed by atoms with Crippen molar-refractivity contribution in [3.05, 3.63) is 28.7 Å². The van der Waals surface area contributed by atoms with Crippen molar-refractivity contribution in [2.24, 2.45) is 5.16 Å². The zero-order valence-corrected chi connectivity index (χ0v) is 15.2. The molecule has 1 aliphatic rings. The van der Waals surface area contributed by atoms with Gasteiger partial charge < -0.3 is 4.57 Å². The first-order chi connectivity index (χ1) is 11.4. The minimum absolute atomic E-state index is 0.159. The molecule has 0 amide bonds. The maximum atomic E-state index is 11.0. The second-order valence-electron chi connectivity index (χ2n) is 4.93. The maximum Gasteiger partial charge on any atom is 0.325 e. The topological polar surface area (TPSA) is 97.3 Å². The van der Waals surface area contributed by atoms with Crippen LogP contribution < -0.4 is 10.7 Å². The average molecular weight is 350 g/mol. The summed E-state index contributed by atoms with van der Waals surface area (Å²) in [5.41, 5.74) is -0.159. The molecule has 2 rings (SSSR count). The number of imidazole rings is 1. The van der Waals surface area contributed by atoms with Crippen molar-refractivity contribution < 1.29 is 12.7 Å². The summed E-state index contributed by atoms with van der Waals surface area (Å²) in [6.45, 7) is 6.52. The fourth-order valence-electron chi connectivity index (χ4n) is 2.01. The number of fused-ring (bicyclic) bond motifs is 1. The second kappa shape index (κ2) is 9.03. The highest BCUT2D eigenvalue weighted by molar-refractivity contribution is 7.85. The van der Waals surface area contributed by atoms with E-state index >= 15 is 0 Å². The van der Waals surface area contributed by atoms with Gasteiger partial charge in [0.05, 0.1) is 17.0 Å². The first-order valence-electron chi connectivity index (χ1n) is 7.59. The summed E-state index contributed by atoms with van der Waals surface area (Å²) in [7, 11) is -3.75. The lowest BCUT2D eigenvalue weighted by Crippen LogP contribution is -2.31. The van der Waals surface area contributed by atoms with Crippen molar-refractivity contribution in [2.45, 2.75) is 40.2 Å². The van der Waals surface area contributed by atoms with Crippen LogP contribution in [0.4, 0.5) is 0 Å². The molecule has 0 saturated carbocycles. The Morgan fingerprint density at radius 2 is 2.04 bits per heavy atom. The number of hydrogen-bond acceptors (Lipinski definition) is 6. The predicted molar refractivity (Wildman–Crippen MR) is 93.9 cm³/mol. The second-order valence-corrected chi connectivity index (χ2v) is 6.49. The third-order valence-corrected chi connectivity index (χ3v) is 3.45. The van der Waals surface area contributed by atoms with Gasteiger partial charge in [-0.1, -0.05) is 29.5 Å². The Labute approximate surface area is 142 Å². The minimum atomic E-state index is -3.75. The molecule has 8 heteroatoms. The van der Waals surface area contributed by atoms with Crippen LogP contribution in [0.2, 0.25) is 0 Å². The van der Waals surface area contributed by atoms with E-state index in [0.29, 0.717) is 12.4 Å². The Balaban J connectivity index is 0.000000648. The molecule has 7 nitrogen and oxygen atoms in total. The quantitative estimate of drug-likeness (QED) is 0.459. The zero-order chi connectivity index (χ0) is 18.2. The van der Waals surface area contributed by atoms with Crippen LogP contribution in [0.1, 0.15) is 39.4 Å². The molecule has 0 atom stereocenters. The van der Waals surface area contributed by atoms with Gasteiger partial charge in [0.1, 0.15) is 6.07 Å². The standard InChI is InChI=1S/C12H14N4O3S.C4H8/c1-3-16-11-7-5-4-6-9(11)14-12(16)10(8-13)15-19-20(2,17)18;1-3-4-2/h6-7H,3-5H2,1-2H3;3-4H,1-2H3/b15-10+;4-3-. The molecule has 0 N–H and O–H groups in total. The number of allylic oxidation sites excluding steroid dienone is 2. The molecule has 1 aromatic rings. The highest BCUT2D eigenvalue weighted by Gasteiger charge is 2.16. The van der Waals surface area contributed by atoms with Crippen LogP contribution in [0.25, 0.3) is 12.2 Å². The fourth-order valence-corrected chi connectivity index (χ4v) is 2.22. The number of oxime groups is 1. The Bertz CT molecular complexity index is 883. The molecule has 0 unspecified atom stereocenters. The van der Waals surface area contributed by atoms with Crippen molar-refractivity contribution >= 4 is 28.0 Å². The largest absolute Gasteiger partial charge is 0.325 e. The van der Waals surface area contributed by atoms with E-state index in [9.17, 15) is 8.42 Å². The third kappa shape index (κ3) is 5.35. The normalized spacial score (nSPS) is 13.9. The molecule has 0 aromatic carbocycles. The van der Waals surface area contributed by atoms with E-state index in [4.69, 9.17) is 5.26 Å². The molecule has 1 aromatic heterocycles. The van der Waals surface area contributed by atoms with Crippen LogP contribution in [0.3, 0.4) is 0 Å². The molecule has 1 aliphatic carbocycles. The number of rotatable bonds is 4. The molecule has 130 valence electrons. The molecule has 0 spiro atoms. The fraction of sp³-hybridized carbons (Fsp3) is 0.438. The van der Waals surface area contributed by atoms with Gasteiger partial charge in [-0.2, -0.15) is 13.7 Å². The van der Waals surface area contributed by atoms with Gasteiger partial charge in [-0.3, -0.25) is 4.28 Å². The maximum absolute atomic E-state index is 11.0. The van der Waals surface area contributed by atoms with Crippen LogP contribution in [0.15, 0.2) is 17.3 Å². The summed E-state index contributed by atoms with van der Waals surface area (Å²) in [4.78, 5) is 4.34. The van der Waals surface area contributed by atoms with E-state index in [1.165, 1.54) is 0 Å². The minimum Gasteiger partial charge on any atom is -0.322 e. The van der Waals surface area contributed by atoms with Gasteiger partial charge in [0.15, 0.2) is 5.82 Å². The summed E-state index contributed by atoms with van der Waals surface area (Å²) in [5.74, 6) is 0.318. The lowest BCUT2D eigenvalue weighted by atomic mass is 10.2. The van der Waals surface area contributed by atoms with Gasteiger partial charge >= 0.3 is 10.1 Å². The van der Waals surface area contributed by atoms with Crippen molar-refractivity contribution in [3.8, 4) is 6.07 Å². The van der Waals surface area contributed by atoms with Gasteiger partial charge in [-0.05, 0) is 33.6 Å². The van der Waals surface area contributed by atoms with E-state index in [1.807, 2.05) is 55.7 Å². The Morgan fingerprint density at radius 3 is 2.54 bits per heavy atom. The molecular weight excluding hydrogens is 328 g/mol. The van der Waals surface area contributed by atoms with E-state index < -0.39 is 10.1 Å². The number of hydrogen-bond donors (Lipinski definition) is 0. The Kier molecular flexibility index (Phi) is 7.39. The molecule has 0 radical (unpaired) electrons. The lowest BCUT2D eigenvalue weighted by Gasteiger charge is -2.03. The van der Waals surface area contributed by atoms with Gasteiger partial charge in [-0.15, -0.1) is 0 Å². The number of nitriles is 1. The SMILES string of the molecule is C/C=C\C.CCn1c(/C(C#N)=N/OS(C)(=O)=O)nc2c1=CCCC=2. The van der Waals surface area contributed by atoms with Gasteiger partial charge in [0.2, 0.25) is 5.71 Å². The summed E-state index contributed by atoms with van der Waals surface area (Å²) in [5, 5.41) is 14.2. The van der Waals surface area contributed by atoms with E-state index in [0.717, 1.165) is 29.8 Å². The van der Waals surface area contributed by atoms with E-state index in [-0.39, 0.29) is 5.71 Å². The molecule has 0 aliphatic heterocycles. The monoisotopic (exact) mass is 350 g/mol. The van der Waals surface area contributed by atoms with E-state index in [1.54, 1.807) is 0 Å². The lowest BCUT2D eigenvalue weighted by molar-refractivity contribution is 0.343.